The van der Waals surface area contributed by atoms with Crippen LogP contribution in [0.3, 0.4) is 0 Å². The highest BCUT2D eigenvalue weighted by atomic mass is 127. The van der Waals surface area contributed by atoms with E-state index >= 15 is 0 Å². The van der Waals surface area contributed by atoms with Gasteiger partial charge in [0.15, 0.2) is 5.96 Å². The van der Waals surface area contributed by atoms with Gasteiger partial charge in [0.05, 0.1) is 13.2 Å². The predicted octanol–water partition coefficient (Wildman–Crippen LogP) is 3.46. The molecule has 1 saturated heterocycles. The van der Waals surface area contributed by atoms with Gasteiger partial charge >= 0.3 is 0 Å². The van der Waals surface area contributed by atoms with Crippen LogP contribution in [0.2, 0.25) is 0 Å². The lowest BCUT2D eigenvalue weighted by atomic mass is 10.1. The number of ether oxygens (including phenoxy) is 2. The van der Waals surface area contributed by atoms with E-state index in [1.165, 1.54) is 16.7 Å². The van der Waals surface area contributed by atoms with Crippen molar-refractivity contribution in [2.24, 2.45) is 10.9 Å². The molecule has 27 heavy (non-hydrogen) atoms. The minimum atomic E-state index is 0. The number of guanidine groups is 1. The van der Waals surface area contributed by atoms with Crippen molar-refractivity contribution < 1.29 is 9.47 Å². The Balaban J connectivity index is 0.00000364. The first-order valence-corrected chi connectivity index (χ1v) is 9.92. The van der Waals surface area contributed by atoms with Gasteiger partial charge in [-0.2, -0.15) is 0 Å². The Hall–Kier alpha value is -0.860. The topological polar surface area (TPSA) is 54.9 Å². The fourth-order valence-electron chi connectivity index (χ4n) is 3.20. The first-order valence-electron chi connectivity index (χ1n) is 9.92. The number of halogens is 1. The Morgan fingerprint density at radius 3 is 2.67 bits per heavy atom. The lowest BCUT2D eigenvalue weighted by Gasteiger charge is -2.12. The number of hydrogen-bond acceptors (Lipinski definition) is 3. The van der Waals surface area contributed by atoms with E-state index in [0.717, 1.165) is 71.3 Å². The molecule has 0 amide bonds. The molecule has 1 unspecified atom stereocenters. The second-order valence-corrected chi connectivity index (χ2v) is 7.09. The van der Waals surface area contributed by atoms with Gasteiger partial charge in [0, 0.05) is 38.8 Å². The maximum absolute atomic E-state index is 5.73. The van der Waals surface area contributed by atoms with Gasteiger partial charge in [-0.25, -0.2) is 0 Å². The van der Waals surface area contributed by atoms with Gasteiger partial charge in [0.1, 0.15) is 0 Å². The highest BCUT2D eigenvalue weighted by Crippen LogP contribution is 2.12. The van der Waals surface area contributed by atoms with E-state index in [2.05, 4.69) is 54.6 Å². The van der Waals surface area contributed by atoms with Crippen LogP contribution in [0, 0.1) is 19.8 Å². The Labute approximate surface area is 181 Å². The highest BCUT2D eigenvalue weighted by molar-refractivity contribution is 14.0. The number of hydrogen-bond donors (Lipinski definition) is 2. The van der Waals surface area contributed by atoms with Crippen molar-refractivity contribution >= 4 is 29.9 Å². The minimum absolute atomic E-state index is 0. The average molecular weight is 489 g/mol. The Kier molecular flexibility index (Phi) is 12.7. The summed E-state index contributed by atoms with van der Waals surface area (Å²) < 4.78 is 11.1. The van der Waals surface area contributed by atoms with Gasteiger partial charge in [-0.05, 0) is 45.6 Å². The Morgan fingerprint density at radius 1 is 1.22 bits per heavy atom. The van der Waals surface area contributed by atoms with Crippen molar-refractivity contribution in [3.63, 3.8) is 0 Å². The molecule has 1 aromatic carbocycles. The average Bonchev–Trinajstić information content (AvgIpc) is 3.10. The van der Waals surface area contributed by atoms with Crippen LogP contribution in [-0.2, 0) is 15.9 Å². The van der Waals surface area contributed by atoms with Crippen LogP contribution < -0.4 is 10.6 Å². The van der Waals surface area contributed by atoms with Crippen molar-refractivity contribution in [1.29, 1.82) is 0 Å². The van der Waals surface area contributed by atoms with Gasteiger partial charge in [0.25, 0.3) is 0 Å². The Bertz CT molecular complexity index is 540. The molecule has 0 radical (unpaired) electrons. The minimum Gasteiger partial charge on any atom is -0.381 e. The zero-order valence-corrected chi connectivity index (χ0v) is 19.4. The summed E-state index contributed by atoms with van der Waals surface area (Å²) in [6, 6.07) is 6.72. The number of nitrogens with one attached hydrogen (secondary N) is 2. The maximum Gasteiger partial charge on any atom is 0.191 e. The van der Waals surface area contributed by atoms with E-state index in [1.807, 2.05) is 0 Å². The van der Waals surface area contributed by atoms with Crippen LogP contribution in [-0.4, -0.2) is 52.0 Å². The van der Waals surface area contributed by atoms with E-state index in [0.29, 0.717) is 5.92 Å². The molecule has 1 atom stereocenters. The van der Waals surface area contributed by atoms with Crippen molar-refractivity contribution in [2.45, 2.75) is 40.0 Å². The molecule has 2 N–H and O–H groups in total. The third-order valence-electron chi connectivity index (χ3n) is 4.43. The third-order valence-corrected chi connectivity index (χ3v) is 4.43. The molecule has 1 aliphatic heterocycles. The largest absolute Gasteiger partial charge is 0.381 e. The van der Waals surface area contributed by atoms with Crippen LogP contribution in [0.1, 0.15) is 36.5 Å². The van der Waals surface area contributed by atoms with Gasteiger partial charge in [-0.1, -0.05) is 29.3 Å². The van der Waals surface area contributed by atoms with Crippen LogP contribution in [0.25, 0.3) is 0 Å². The quantitative estimate of drug-likeness (QED) is 0.229. The fourth-order valence-corrected chi connectivity index (χ4v) is 3.20. The summed E-state index contributed by atoms with van der Waals surface area (Å²) in [6.07, 6.45) is 3.08. The third kappa shape index (κ3) is 10.3. The first kappa shape index (κ1) is 24.2. The number of nitrogens with zero attached hydrogens (tertiary/aromatic N) is 1. The van der Waals surface area contributed by atoms with Gasteiger partial charge < -0.3 is 20.1 Å². The second-order valence-electron chi connectivity index (χ2n) is 7.09. The van der Waals surface area contributed by atoms with E-state index in [9.17, 15) is 0 Å². The number of aliphatic imine (C=N–C) groups is 1. The van der Waals surface area contributed by atoms with Crippen LogP contribution in [0.4, 0.5) is 0 Å². The van der Waals surface area contributed by atoms with E-state index in [1.54, 1.807) is 0 Å². The molecule has 0 aromatic heterocycles. The summed E-state index contributed by atoms with van der Waals surface area (Å²) >= 11 is 0. The van der Waals surface area contributed by atoms with Crippen molar-refractivity contribution in [3.05, 3.63) is 34.9 Å². The molecular formula is C21H36IN3O2. The van der Waals surface area contributed by atoms with Gasteiger partial charge in [0.2, 0.25) is 0 Å². The molecular weight excluding hydrogens is 453 g/mol. The number of rotatable bonds is 10. The van der Waals surface area contributed by atoms with Gasteiger partial charge in [-0.15, -0.1) is 24.0 Å². The molecule has 154 valence electrons. The molecule has 1 fully saturated rings. The van der Waals surface area contributed by atoms with E-state index in [4.69, 9.17) is 9.47 Å². The zero-order chi connectivity index (χ0) is 18.6. The zero-order valence-electron chi connectivity index (χ0n) is 17.1. The van der Waals surface area contributed by atoms with Crippen molar-refractivity contribution in [3.8, 4) is 0 Å². The van der Waals surface area contributed by atoms with E-state index < -0.39 is 0 Å². The summed E-state index contributed by atoms with van der Waals surface area (Å²) in [7, 11) is 0. The lowest BCUT2D eigenvalue weighted by molar-refractivity contribution is 0.0893. The van der Waals surface area contributed by atoms with Crippen LogP contribution >= 0.6 is 24.0 Å². The van der Waals surface area contributed by atoms with Crippen molar-refractivity contribution in [1.82, 2.24) is 10.6 Å². The molecule has 2 rings (SSSR count). The summed E-state index contributed by atoms with van der Waals surface area (Å²) in [5.74, 6) is 1.48. The van der Waals surface area contributed by atoms with E-state index in [-0.39, 0.29) is 24.0 Å². The fraction of sp³-hybridized carbons (Fsp3) is 0.667. The molecule has 1 aromatic rings. The van der Waals surface area contributed by atoms with Crippen LogP contribution in [0.5, 0.6) is 0 Å². The molecule has 0 spiro atoms. The van der Waals surface area contributed by atoms with Crippen molar-refractivity contribution in [2.75, 3.05) is 46.1 Å². The SMILES string of the molecule is CCNC(=NCCCOCC1CCOC1)NCCc1cc(C)cc(C)c1.I. The maximum atomic E-state index is 5.73. The molecule has 0 aliphatic carbocycles. The molecule has 6 heteroatoms. The standard InChI is InChI=1S/C21H35N3O2.HI/c1-4-22-21(23-8-5-10-25-15-20-7-11-26-16-20)24-9-6-19-13-17(2)12-18(3)14-19;/h12-14,20H,4-11,15-16H2,1-3H3,(H2,22,23,24);1H. The lowest BCUT2D eigenvalue weighted by Crippen LogP contribution is -2.38. The molecule has 0 bridgehead atoms. The summed E-state index contributed by atoms with van der Waals surface area (Å²) in [5, 5.41) is 6.73. The number of aryl methyl sites for hydroxylation is 2. The summed E-state index contributed by atoms with van der Waals surface area (Å²) in [4.78, 5) is 4.64. The van der Waals surface area contributed by atoms with Gasteiger partial charge in [-0.3, -0.25) is 4.99 Å². The normalized spacial score (nSPS) is 16.9. The van der Waals surface area contributed by atoms with Crippen LogP contribution in [0.15, 0.2) is 23.2 Å². The molecule has 1 heterocycles. The predicted molar refractivity (Wildman–Crippen MR) is 123 cm³/mol. The second kappa shape index (κ2) is 14.2. The molecule has 1 aliphatic rings. The smallest absolute Gasteiger partial charge is 0.191 e. The molecule has 5 nitrogen and oxygen atoms in total. The molecule has 0 saturated carbocycles. The Morgan fingerprint density at radius 2 is 2.00 bits per heavy atom. The monoisotopic (exact) mass is 489 g/mol. The first-order chi connectivity index (χ1) is 12.7. The number of benzene rings is 1. The summed E-state index contributed by atoms with van der Waals surface area (Å²) in [5.41, 5.74) is 4.02. The highest BCUT2D eigenvalue weighted by Gasteiger charge is 2.15. The summed E-state index contributed by atoms with van der Waals surface area (Å²) in [6.45, 7) is 12.2.